The van der Waals surface area contributed by atoms with Gasteiger partial charge < -0.3 is 0 Å². The molecule has 0 atom stereocenters. The fourth-order valence-corrected chi connectivity index (χ4v) is 2.23. The average molecular weight is 265 g/mol. The van der Waals surface area contributed by atoms with Crippen LogP contribution in [0.4, 0.5) is 4.39 Å². The van der Waals surface area contributed by atoms with Crippen molar-refractivity contribution in [2.24, 2.45) is 0 Å². The van der Waals surface area contributed by atoms with Gasteiger partial charge in [0.1, 0.15) is 5.82 Å². The van der Waals surface area contributed by atoms with Crippen LogP contribution in [-0.4, -0.2) is 10.8 Å². The van der Waals surface area contributed by atoms with Crippen LogP contribution in [0.25, 0.3) is 10.9 Å². The number of hydrogen-bond acceptors (Lipinski definition) is 2. The van der Waals surface area contributed by atoms with Crippen molar-refractivity contribution >= 4 is 16.7 Å². The number of para-hydroxylation sites is 1. The zero-order chi connectivity index (χ0) is 14.1. The molecule has 0 bridgehead atoms. The van der Waals surface area contributed by atoms with Crippen molar-refractivity contribution < 1.29 is 9.18 Å². The Morgan fingerprint density at radius 2 is 1.90 bits per heavy atom. The molecule has 0 fully saturated rings. The molecule has 0 unspecified atom stereocenters. The maximum atomic E-state index is 13.3. The van der Waals surface area contributed by atoms with Crippen LogP contribution in [0.1, 0.15) is 21.5 Å². The van der Waals surface area contributed by atoms with Crippen LogP contribution in [0.3, 0.4) is 0 Å². The SMILES string of the molecule is Cc1cc(C(=O)c2cccc3cccnc23)ccc1F. The molecular formula is C17H12FNO. The molecule has 0 spiro atoms. The van der Waals surface area contributed by atoms with Crippen LogP contribution in [0, 0.1) is 12.7 Å². The summed E-state index contributed by atoms with van der Waals surface area (Å²) in [4.78, 5) is 16.8. The highest BCUT2D eigenvalue weighted by Gasteiger charge is 2.14. The van der Waals surface area contributed by atoms with Crippen LogP contribution in [0.2, 0.25) is 0 Å². The molecule has 1 aromatic heterocycles. The van der Waals surface area contributed by atoms with Gasteiger partial charge in [0.15, 0.2) is 5.78 Å². The number of pyridine rings is 1. The molecule has 0 aliphatic carbocycles. The van der Waals surface area contributed by atoms with Gasteiger partial charge in [-0.3, -0.25) is 9.78 Å². The summed E-state index contributed by atoms with van der Waals surface area (Å²) < 4.78 is 13.3. The van der Waals surface area contributed by atoms with E-state index in [9.17, 15) is 9.18 Å². The van der Waals surface area contributed by atoms with Crippen LogP contribution < -0.4 is 0 Å². The predicted octanol–water partition coefficient (Wildman–Crippen LogP) is 3.91. The van der Waals surface area contributed by atoms with Crippen LogP contribution in [0.5, 0.6) is 0 Å². The van der Waals surface area contributed by atoms with Gasteiger partial charge in [-0.1, -0.05) is 18.2 Å². The van der Waals surface area contributed by atoms with Crippen LogP contribution in [0.15, 0.2) is 54.7 Å². The van der Waals surface area contributed by atoms with Crippen molar-refractivity contribution in [2.75, 3.05) is 0 Å². The highest BCUT2D eigenvalue weighted by molar-refractivity contribution is 6.15. The Bertz CT molecular complexity index is 806. The molecule has 20 heavy (non-hydrogen) atoms. The Labute approximate surface area is 115 Å². The summed E-state index contributed by atoms with van der Waals surface area (Å²) in [6, 6.07) is 13.6. The predicted molar refractivity (Wildman–Crippen MR) is 76.3 cm³/mol. The molecule has 0 saturated carbocycles. The monoisotopic (exact) mass is 265 g/mol. The summed E-state index contributed by atoms with van der Waals surface area (Å²) >= 11 is 0. The van der Waals surface area contributed by atoms with E-state index >= 15 is 0 Å². The molecule has 3 heteroatoms. The van der Waals surface area contributed by atoms with Gasteiger partial charge in [0.25, 0.3) is 0 Å². The third kappa shape index (κ3) is 2.07. The number of aromatic nitrogens is 1. The van der Waals surface area contributed by atoms with E-state index in [1.807, 2.05) is 24.3 Å². The van der Waals surface area contributed by atoms with Crippen LogP contribution >= 0.6 is 0 Å². The molecule has 1 heterocycles. The fourth-order valence-electron chi connectivity index (χ4n) is 2.23. The molecule has 2 aromatic carbocycles. The van der Waals surface area contributed by atoms with E-state index < -0.39 is 0 Å². The zero-order valence-electron chi connectivity index (χ0n) is 10.9. The first-order valence-electron chi connectivity index (χ1n) is 6.31. The molecule has 0 saturated heterocycles. The molecule has 3 rings (SSSR count). The van der Waals surface area contributed by atoms with E-state index in [0.29, 0.717) is 22.2 Å². The Balaban J connectivity index is 2.15. The van der Waals surface area contributed by atoms with Gasteiger partial charge in [-0.15, -0.1) is 0 Å². The van der Waals surface area contributed by atoms with Gasteiger partial charge in [0.05, 0.1) is 5.52 Å². The Kier molecular flexibility index (Phi) is 3.03. The second kappa shape index (κ2) is 4.85. The smallest absolute Gasteiger partial charge is 0.195 e. The lowest BCUT2D eigenvalue weighted by Crippen LogP contribution is -2.04. The van der Waals surface area contributed by atoms with Crippen LogP contribution in [-0.2, 0) is 0 Å². The molecule has 0 amide bonds. The van der Waals surface area contributed by atoms with Crippen molar-refractivity contribution in [3.05, 3.63) is 77.2 Å². The largest absolute Gasteiger partial charge is 0.289 e. The normalized spacial score (nSPS) is 10.7. The first kappa shape index (κ1) is 12.5. The number of halogens is 1. The summed E-state index contributed by atoms with van der Waals surface area (Å²) in [5.74, 6) is -0.449. The molecule has 0 aliphatic heterocycles. The maximum absolute atomic E-state index is 13.3. The van der Waals surface area contributed by atoms with E-state index in [2.05, 4.69) is 4.98 Å². The first-order valence-corrected chi connectivity index (χ1v) is 6.31. The van der Waals surface area contributed by atoms with Crippen molar-refractivity contribution in [3.63, 3.8) is 0 Å². The van der Waals surface area contributed by atoms with Crippen molar-refractivity contribution in [1.82, 2.24) is 4.98 Å². The lowest BCUT2D eigenvalue weighted by molar-refractivity contribution is 0.104. The zero-order valence-corrected chi connectivity index (χ0v) is 10.9. The lowest BCUT2D eigenvalue weighted by Gasteiger charge is -2.06. The third-order valence-electron chi connectivity index (χ3n) is 3.30. The Hall–Kier alpha value is -2.55. The highest BCUT2D eigenvalue weighted by Crippen LogP contribution is 2.20. The van der Waals surface area contributed by atoms with Gasteiger partial charge in [-0.25, -0.2) is 4.39 Å². The minimum absolute atomic E-state index is 0.141. The second-order valence-corrected chi connectivity index (χ2v) is 4.67. The number of carbonyl (C=O) groups excluding carboxylic acids is 1. The van der Waals surface area contributed by atoms with Gasteiger partial charge in [0.2, 0.25) is 0 Å². The Morgan fingerprint density at radius 1 is 1.10 bits per heavy atom. The average Bonchev–Trinajstić information content (AvgIpc) is 2.49. The number of nitrogens with zero attached hydrogens (tertiary/aromatic N) is 1. The quantitative estimate of drug-likeness (QED) is 0.657. The van der Waals surface area contributed by atoms with Gasteiger partial charge >= 0.3 is 0 Å². The summed E-state index contributed by atoms with van der Waals surface area (Å²) in [6.45, 7) is 1.65. The van der Waals surface area contributed by atoms with Gasteiger partial charge in [0, 0.05) is 22.7 Å². The molecule has 2 nitrogen and oxygen atoms in total. The number of benzene rings is 2. The van der Waals surface area contributed by atoms with Crippen molar-refractivity contribution in [2.45, 2.75) is 6.92 Å². The number of ketones is 1. The van der Waals surface area contributed by atoms with Crippen molar-refractivity contribution in [1.29, 1.82) is 0 Å². The van der Waals surface area contributed by atoms with Crippen molar-refractivity contribution in [3.8, 4) is 0 Å². The lowest BCUT2D eigenvalue weighted by atomic mass is 9.99. The third-order valence-corrected chi connectivity index (χ3v) is 3.30. The number of aryl methyl sites for hydroxylation is 1. The molecule has 0 N–H and O–H groups in total. The fraction of sp³-hybridized carbons (Fsp3) is 0.0588. The summed E-state index contributed by atoms with van der Waals surface area (Å²) in [6.07, 6.45) is 1.66. The van der Waals surface area contributed by atoms with E-state index in [4.69, 9.17) is 0 Å². The molecule has 3 aromatic rings. The topological polar surface area (TPSA) is 30.0 Å². The number of hydrogen-bond donors (Lipinski definition) is 0. The molecule has 0 radical (unpaired) electrons. The number of rotatable bonds is 2. The summed E-state index contributed by atoms with van der Waals surface area (Å²) in [7, 11) is 0. The number of fused-ring (bicyclic) bond motifs is 1. The van der Waals surface area contributed by atoms with E-state index in [-0.39, 0.29) is 11.6 Å². The summed E-state index contributed by atoms with van der Waals surface area (Å²) in [5.41, 5.74) is 2.14. The minimum Gasteiger partial charge on any atom is -0.289 e. The highest BCUT2D eigenvalue weighted by atomic mass is 19.1. The second-order valence-electron chi connectivity index (χ2n) is 4.67. The van der Waals surface area contributed by atoms with Gasteiger partial charge in [-0.05, 0) is 42.8 Å². The van der Waals surface area contributed by atoms with E-state index in [1.54, 1.807) is 25.3 Å². The molecular weight excluding hydrogens is 253 g/mol. The number of carbonyl (C=O) groups is 1. The maximum Gasteiger partial charge on any atom is 0.195 e. The molecule has 0 aliphatic rings. The molecule has 98 valence electrons. The van der Waals surface area contributed by atoms with Gasteiger partial charge in [-0.2, -0.15) is 0 Å². The standard InChI is InChI=1S/C17H12FNO/c1-11-10-13(7-8-15(11)18)17(20)14-6-2-4-12-5-3-9-19-16(12)14/h2-10H,1H3. The first-order chi connectivity index (χ1) is 9.66. The Morgan fingerprint density at radius 3 is 2.70 bits per heavy atom. The van der Waals surface area contributed by atoms with E-state index in [0.717, 1.165) is 5.39 Å². The summed E-state index contributed by atoms with van der Waals surface area (Å²) in [5, 5.41) is 0.914. The minimum atomic E-state index is -0.308. The van der Waals surface area contributed by atoms with E-state index in [1.165, 1.54) is 12.1 Å².